The summed E-state index contributed by atoms with van der Waals surface area (Å²) in [7, 11) is 0. The van der Waals surface area contributed by atoms with Gasteiger partial charge in [0.15, 0.2) is 0 Å². The van der Waals surface area contributed by atoms with Crippen molar-refractivity contribution in [1.82, 2.24) is 0 Å². The molecular weight excluding hydrogens is 323 g/mol. The molecule has 0 saturated heterocycles. The number of benzene rings is 2. The van der Waals surface area contributed by atoms with Crippen LogP contribution in [0.15, 0.2) is 40.9 Å². The molecule has 0 aliphatic heterocycles. The van der Waals surface area contributed by atoms with Crippen molar-refractivity contribution in [2.45, 2.75) is 0 Å². The van der Waals surface area contributed by atoms with E-state index in [1.54, 1.807) is 24.3 Å². The molecule has 5 heteroatoms. The number of hydrogen-bond acceptors (Lipinski definition) is 2. The maximum absolute atomic E-state index is 6.01. The lowest BCUT2D eigenvalue weighted by molar-refractivity contribution is 1.52. The first-order valence-electron chi connectivity index (χ1n) is 4.84. The number of rotatable bonds is 2. The van der Waals surface area contributed by atoms with Gasteiger partial charge in [0.2, 0.25) is 0 Å². The molecule has 0 aliphatic carbocycles. The van der Waals surface area contributed by atoms with Gasteiger partial charge in [-0.15, -0.1) is 0 Å². The quantitative estimate of drug-likeness (QED) is 0.753. The third-order valence-electron chi connectivity index (χ3n) is 2.24. The number of nitrogens with one attached hydrogen (secondary N) is 1. The van der Waals surface area contributed by atoms with E-state index in [9.17, 15) is 0 Å². The summed E-state index contributed by atoms with van der Waals surface area (Å²) in [5.41, 5.74) is 8.07. The second-order valence-corrected chi connectivity index (χ2v) is 5.09. The van der Waals surface area contributed by atoms with Crippen molar-refractivity contribution < 1.29 is 0 Å². The van der Waals surface area contributed by atoms with Crippen molar-refractivity contribution in [1.29, 1.82) is 0 Å². The summed E-state index contributed by atoms with van der Waals surface area (Å²) in [5.74, 6) is 0. The first-order valence-corrected chi connectivity index (χ1v) is 6.39. The van der Waals surface area contributed by atoms with E-state index in [1.807, 2.05) is 12.1 Å². The summed E-state index contributed by atoms with van der Waals surface area (Å²) in [5, 5.41) is 4.44. The average molecular weight is 332 g/mol. The highest BCUT2D eigenvalue weighted by Gasteiger charge is 2.06. The minimum atomic E-state index is 0.625. The number of hydrogen-bond donors (Lipinski definition) is 2. The molecule has 2 rings (SSSR count). The van der Waals surface area contributed by atoms with Crippen molar-refractivity contribution >= 4 is 56.2 Å². The number of halogens is 3. The Morgan fingerprint density at radius 3 is 2.59 bits per heavy atom. The highest BCUT2D eigenvalue weighted by atomic mass is 79.9. The fourth-order valence-electron chi connectivity index (χ4n) is 1.38. The lowest BCUT2D eigenvalue weighted by Gasteiger charge is -2.12. The Hall–Kier alpha value is -0.900. The second kappa shape index (κ2) is 5.17. The van der Waals surface area contributed by atoms with E-state index in [-0.39, 0.29) is 0 Å². The predicted octanol–water partition coefficient (Wildman–Crippen LogP) is 5.08. The Kier molecular flexibility index (Phi) is 3.82. The van der Waals surface area contributed by atoms with Gasteiger partial charge in [0.05, 0.1) is 26.6 Å². The van der Waals surface area contributed by atoms with Crippen molar-refractivity contribution in [3.8, 4) is 0 Å². The van der Waals surface area contributed by atoms with Crippen molar-refractivity contribution in [3.05, 3.63) is 50.9 Å². The summed E-state index contributed by atoms with van der Waals surface area (Å²) >= 11 is 15.3. The Bertz CT molecular complexity index is 558. The van der Waals surface area contributed by atoms with Gasteiger partial charge < -0.3 is 11.1 Å². The second-order valence-electron chi connectivity index (χ2n) is 3.46. The van der Waals surface area contributed by atoms with Gasteiger partial charge in [-0.25, -0.2) is 0 Å². The van der Waals surface area contributed by atoms with Crippen LogP contribution < -0.4 is 11.1 Å². The van der Waals surface area contributed by atoms with Gasteiger partial charge in [-0.3, -0.25) is 0 Å². The summed E-state index contributed by atoms with van der Waals surface area (Å²) in [4.78, 5) is 0. The molecule has 0 radical (unpaired) electrons. The van der Waals surface area contributed by atoms with Crippen LogP contribution in [-0.2, 0) is 0 Å². The molecule has 0 aliphatic rings. The van der Waals surface area contributed by atoms with Crippen molar-refractivity contribution in [2.75, 3.05) is 11.1 Å². The van der Waals surface area contributed by atoms with Crippen LogP contribution in [0, 0.1) is 0 Å². The zero-order valence-corrected chi connectivity index (χ0v) is 11.8. The lowest BCUT2D eigenvalue weighted by atomic mass is 10.2. The Morgan fingerprint density at radius 1 is 1.06 bits per heavy atom. The van der Waals surface area contributed by atoms with E-state index < -0.39 is 0 Å². The molecule has 0 bridgehead atoms. The topological polar surface area (TPSA) is 38.0 Å². The van der Waals surface area contributed by atoms with Gasteiger partial charge in [0.25, 0.3) is 0 Å². The average Bonchev–Trinajstić information content (AvgIpc) is 2.30. The minimum absolute atomic E-state index is 0.625. The van der Waals surface area contributed by atoms with E-state index in [2.05, 4.69) is 21.2 Å². The zero-order chi connectivity index (χ0) is 12.4. The standard InChI is InChI=1S/C12H9BrCl2N2/c13-12-8(15)2-1-3-10(12)17-11-6-7(14)4-5-9(11)16/h1-6,17H,16H2. The predicted molar refractivity (Wildman–Crippen MR) is 78.3 cm³/mol. The largest absolute Gasteiger partial charge is 0.397 e. The summed E-state index contributed by atoms with van der Waals surface area (Å²) in [6.45, 7) is 0. The number of anilines is 3. The van der Waals surface area contributed by atoms with E-state index in [4.69, 9.17) is 28.9 Å². The van der Waals surface area contributed by atoms with Crippen LogP contribution in [0.3, 0.4) is 0 Å². The molecule has 2 aromatic rings. The van der Waals surface area contributed by atoms with Gasteiger partial charge in [-0.1, -0.05) is 29.3 Å². The molecule has 88 valence electrons. The first-order chi connectivity index (χ1) is 8.08. The van der Waals surface area contributed by atoms with Crippen molar-refractivity contribution in [3.63, 3.8) is 0 Å². The van der Waals surface area contributed by atoms with E-state index in [0.717, 1.165) is 15.8 Å². The van der Waals surface area contributed by atoms with Crippen LogP contribution in [0.5, 0.6) is 0 Å². The summed E-state index contributed by atoms with van der Waals surface area (Å²) in [6, 6.07) is 10.8. The number of nitrogen functional groups attached to an aromatic ring is 1. The fourth-order valence-corrected chi connectivity index (χ4v) is 2.09. The maximum Gasteiger partial charge on any atom is 0.0633 e. The molecule has 2 nitrogen and oxygen atoms in total. The summed E-state index contributed by atoms with van der Waals surface area (Å²) in [6.07, 6.45) is 0. The smallest absolute Gasteiger partial charge is 0.0633 e. The molecule has 0 spiro atoms. The van der Waals surface area contributed by atoms with Gasteiger partial charge in [0, 0.05) is 5.02 Å². The molecular formula is C12H9BrCl2N2. The van der Waals surface area contributed by atoms with E-state index in [1.165, 1.54) is 0 Å². The zero-order valence-electron chi connectivity index (χ0n) is 8.68. The van der Waals surface area contributed by atoms with Gasteiger partial charge >= 0.3 is 0 Å². The third-order valence-corrected chi connectivity index (χ3v) is 3.87. The molecule has 0 atom stereocenters. The van der Waals surface area contributed by atoms with Gasteiger partial charge in [-0.05, 0) is 46.3 Å². The van der Waals surface area contributed by atoms with Gasteiger partial charge in [-0.2, -0.15) is 0 Å². The maximum atomic E-state index is 6.01. The van der Waals surface area contributed by atoms with Crippen LogP contribution in [0.25, 0.3) is 0 Å². The SMILES string of the molecule is Nc1ccc(Cl)cc1Nc1cccc(Cl)c1Br. The van der Waals surface area contributed by atoms with Gasteiger partial charge in [0.1, 0.15) is 0 Å². The molecule has 0 aromatic heterocycles. The first kappa shape index (κ1) is 12.6. The molecule has 2 aromatic carbocycles. The molecule has 0 unspecified atom stereocenters. The van der Waals surface area contributed by atoms with Crippen LogP contribution in [0.4, 0.5) is 17.1 Å². The Morgan fingerprint density at radius 2 is 1.82 bits per heavy atom. The molecule has 0 fully saturated rings. The third kappa shape index (κ3) is 2.86. The monoisotopic (exact) mass is 330 g/mol. The van der Waals surface area contributed by atoms with E-state index in [0.29, 0.717) is 15.7 Å². The molecule has 0 amide bonds. The number of nitrogens with two attached hydrogens (primary N) is 1. The minimum Gasteiger partial charge on any atom is -0.397 e. The van der Waals surface area contributed by atoms with Crippen LogP contribution >= 0.6 is 39.1 Å². The molecule has 0 heterocycles. The van der Waals surface area contributed by atoms with Crippen LogP contribution in [0.2, 0.25) is 10.0 Å². The Balaban J connectivity index is 2.38. The van der Waals surface area contributed by atoms with Crippen molar-refractivity contribution in [2.24, 2.45) is 0 Å². The normalized spacial score (nSPS) is 10.3. The molecule has 17 heavy (non-hydrogen) atoms. The summed E-state index contributed by atoms with van der Waals surface area (Å²) < 4.78 is 0.793. The molecule has 0 saturated carbocycles. The highest BCUT2D eigenvalue weighted by Crippen LogP contribution is 2.34. The molecule has 3 N–H and O–H groups in total. The lowest BCUT2D eigenvalue weighted by Crippen LogP contribution is -1.96. The fraction of sp³-hybridized carbons (Fsp3) is 0. The highest BCUT2D eigenvalue weighted by molar-refractivity contribution is 9.10. The Labute approximate surface area is 118 Å². The van der Waals surface area contributed by atoms with Crippen LogP contribution in [0.1, 0.15) is 0 Å². The van der Waals surface area contributed by atoms with E-state index >= 15 is 0 Å². The van der Waals surface area contributed by atoms with Crippen LogP contribution in [-0.4, -0.2) is 0 Å².